The number of nitrogens with zero attached hydrogens (tertiary/aromatic N) is 3. The maximum atomic E-state index is 12.2. The molecule has 2 aliphatic heterocycles. The number of rotatable bonds is 2. The van der Waals surface area contributed by atoms with E-state index in [-0.39, 0.29) is 18.2 Å². The molecule has 1 N–H and O–H groups in total. The van der Waals surface area contributed by atoms with Crippen LogP contribution in [0.1, 0.15) is 35.1 Å². The fraction of sp³-hybridized carbons (Fsp3) is 0.538. The lowest BCUT2D eigenvalue weighted by Crippen LogP contribution is -2.41. The third kappa shape index (κ3) is 2.58. The monoisotopic (exact) mass is 292 g/mol. The van der Waals surface area contributed by atoms with Crippen LogP contribution >= 0.6 is 11.3 Å². The molecule has 0 spiro atoms. The van der Waals surface area contributed by atoms with Crippen LogP contribution in [0.5, 0.6) is 0 Å². The molecule has 2 aliphatic rings. The molecule has 2 amide bonds. The van der Waals surface area contributed by atoms with Gasteiger partial charge in [0.15, 0.2) is 0 Å². The highest BCUT2D eigenvalue weighted by atomic mass is 32.1. The first-order valence-corrected chi connectivity index (χ1v) is 7.52. The molecule has 3 rings (SSSR count). The Labute approximate surface area is 120 Å². The minimum atomic E-state index is -0.207. The number of hydrogen-bond acceptors (Lipinski definition) is 5. The molecule has 1 fully saturated rings. The highest BCUT2D eigenvalue weighted by Crippen LogP contribution is 2.30. The van der Waals surface area contributed by atoms with Gasteiger partial charge in [0.25, 0.3) is 5.91 Å². The van der Waals surface area contributed by atoms with Crippen LogP contribution in [0, 0.1) is 6.92 Å². The molecule has 1 aromatic heterocycles. The molecule has 0 bridgehead atoms. The van der Waals surface area contributed by atoms with E-state index in [1.807, 2.05) is 6.20 Å². The second-order valence-corrected chi connectivity index (χ2v) is 6.41. The Morgan fingerprint density at radius 2 is 2.20 bits per heavy atom. The van der Waals surface area contributed by atoms with Gasteiger partial charge in [0.2, 0.25) is 5.91 Å². The van der Waals surface area contributed by atoms with Gasteiger partial charge in [-0.2, -0.15) is 5.10 Å². The second-order valence-electron chi connectivity index (χ2n) is 5.15. The van der Waals surface area contributed by atoms with Crippen molar-refractivity contribution in [2.75, 3.05) is 13.1 Å². The summed E-state index contributed by atoms with van der Waals surface area (Å²) in [4.78, 5) is 30.7. The van der Waals surface area contributed by atoms with Crippen LogP contribution in [0.4, 0.5) is 0 Å². The van der Waals surface area contributed by atoms with Crippen LogP contribution in [0.2, 0.25) is 0 Å². The van der Waals surface area contributed by atoms with Crippen molar-refractivity contribution in [1.82, 2.24) is 15.3 Å². The van der Waals surface area contributed by atoms with E-state index < -0.39 is 0 Å². The first-order chi connectivity index (χ1) is 9.63. The lowest BCUT2D eigenvalue weighted by atomic mass is 9.97. The van der Waals surface area contributed by atoms with Gasteiger partial charge in [-0.05, 0) is 19.8 Å². The first kappa shape index (κ1) is 13.2. The van der Waals surface area contributed by atoms with Gasteiger partial charge in [-0.25, -0.2) is 10.4 Å². The van der Waals surface area contributed by atoms with Crippen molar-refractivity contribution < 1.29 is 9.59 Å². The number of amides is 2. The van der Waals surface area contributed by atoms with Crippen molar-refractivity contribution in [3.63, 3.8) is 0 Å². The van der Waals surface area contributed by atoms with E-state index in [9.17, 15) is 9.59 Å². The van der Waals surface area contributed by atoms with Crippen molar-refractivity contribution in [2.45, 2.75) is 32.1 Å². The van der Waals surface area contributed by atoms with Crippen molar-refractivity contribution in [1.29, 1.82) is 0 Å². The Morgan fingerprint density at radius 3 is 2.75 bits per heavy atom. The van der Waals surface area contributed by atoms with Crippen molar-refractivity contribution in [2.24, 2.45) is 5.10 Å². The van der Waals surface area contributed by atoms with E-state index in [4.69, 9.17) is 0 Å². The first-order valence-electron chi connectivity index (χ1n) is 6.70. The third-order valence-corrected chi connectivity index (χ3v) is 4.74. The van der Waals surface area contributed by atoms with Crippen LogP contribution in [-0.4, -0.2) is 40.5 Å². The summed E-state index contributed by atoms with van der Waals surface area (Å²) < 4.78 is 0. The number of aromatic nitrogens is 1. The van der Waals surface area contributed by atoms with Crippen molar-refractivity contribution in [3.8, 4) is 0 Å². The fourth-order valence-corrected chi connectivity index (χ4v) is 3.50. The number of carbonyl (C=O) groups excluding carboxylic acids is 2. The Kier molecular flexibility index (Phi) is 3.52. The largest absolute Gasteiger partial charge is 0.337 e. The molecule has 0 unspecified atom stereocenters. The van der Waals surface area contributed by atoms with E-state index in [0.29, 0.717) is 24.7 Å². The summed E-state index contributed by atoms with van der Waals surface area (Å²) in [6, 6.07) is 0. The summed E-state index contributed by atoms with van der Waals surface area (Å²) in [6.45, 7) is 3.47. The van der Waals surface area contributed by atoms with Gasteiger partial charge >= 0.3 is 0 Å². The molecule has 1 saturated heterocycles. The van der Waals surface area contributed by atoms with E-state index in [1.165, 1.54) is 9.88 Å². The number of hydrogen-bond donors (Lipinski definition) is 1. The lowest BCUT2D eigenvalue weighted by Gasteiger charge is -2.30. The minimum absolute atomic E-state index is 0.102. The second kappa shape index (κ2) is 5.32. The molecule has 7 heteroatoms. The lowest BCUT2D eigenvalue weighted by molar-refractivity contribution is -0.125. The minimum Gasteiger partial charge on any atom is -0.337 e. The maximum Gasteiger partial charge on any atom is 0.270 e. The molecular weight excluding hydrogens is 276 g/mol. The average molecular weight is 292 g/mol. The quantitative estimate of drug-likeness (QED) is 0.884. The van der Waals surface area contributed by atoms with Crippen LogP contribution in [0.15, 0.2) is 11.3 Å². The number of carbonyl (C=O) groups is 2. The Balaban J connectivity index is 1.58. The summed E-state index contributed by atoms with van der Waals surface area (Å²) in [5.41, 5.74) is 2.65. The van der Waals surface area contributed by atoms with Crippen LogP contribution in [-0.2, 0) is 9.59 Å². The standard InChI is InChI=1S/C13H16N4O2S/c1-8-7-14-12(20-8)9-2-4-17(5-3-9)13(19)10-6-11(18)16-15-10/h7,9H,2-6H2,1H3,(H,16,18). The van der Waals surface area contributed by atoms with Gasteiger partial charge < -0.3 is 4.90 Å². The summed E-state index contributed by atoms with van der Waals surface area (Å²) in [5, 5.41) is 4.96. The predicted octanol–water partition coefficient (Wildman–Crippen LogP) is 1.03. The average Bonchev–Trinajstić information content (AvgIpc) is 3.07. The third-order valence-electron chi connectivity index (χ3n) is 3.66. The number of piperidine rings is 1. The summed E-state index contributed by atoms with van der Waals surface area (Å²) in [7, 11) is 0. The van der Waals surface area contributed by atoms with E-state index in [2.05, 4.69) is 22.4 Å². The molecule has 6 nitrogen and oxygen atoms in total. The van der Waals surface area contributed by atoms with Gasteiger partial charge in [0.1, 0.15) is 5.71 Å². The fourth-order valence-electron chi connectivity index (χ4n) is 2.56. The molecule has 0 aliphatic carbocycles. The molecular formula is C13H16N4O2S. The number of aryl methyl sites for hydroxylation is 1. The number of hydrazone groups is 1. The van der Waals surface area contributed by atoms with Gasteiger partial charge in [0.05, 0.1) is 11.4 Å². The SMILES string of the molecule is Cc1cnc(C2CCN(C(=O)C3=NNC(=O)C3)CC2)s1. The van der Waals surface area contributed by atoms with Crippen LogP contribution < -0.4 is 5.43 Å². The van der Waals surface area contributed by atoms with E-state index in [0.717, 1.165) is 12.8 Å². The molecule has 1 aromatic rings. The summed E-state index contributed by atoms with van der Waals surface area (Å²) >= 11 is 1.74. The van der Waals surface area contributed by atoms with Gasteiger partial charge in [0, 0.05) is 30.1 Å². The number of nitrogens with one attached hydrogen (secondary N) is 1. The number of thiazole rings is 1. The van der Waals surface area contributed by atoms with E-state index >= 15 is 0 Å². The molecule has 106 valence electrons. The molecule has 0 radical (unpaired) electrons. The Hall–Kier alpha value is -1.76. The Bertz CT molecular complexity index is 573. The molecule has 20 heavy (non-hydrogen) atoms. The van der Waals surface area contributed by atoms with Gasteiger partial charge in [-0.3, -0.25) is 9.59 Å². The van der Waals surface area contributed by atoms with Gasteiger partial charge in [-0.1, -0.05) is 0 Å². The zero-order chi connectivity index (χ0) is 14.1. The maximum absolute atomic E-state index is 12.2. The summed E-state index contributed by atoms with van der Waals surface area (Å²) in [5.74, 6) is 0.127. The van der Waals surface area contributed by atoms with Crippen molar-refractivity contribution in [3.05, 3.63) is 16.1 Å². The smallest absolute Gasteiger partial charge is 0.270 e. The predicted molar refractivity (Wildman–Crippen MR) is 75.6 cm³/mol. The normalized spacial score (nSPS) is 19.9. The molecule has 0 saturated carbocycles. The zero-order valence-electron chi connectivity index (χ0n) is 11.3. The summed E-state index contributed by atoms with van der Waals surface area (Å²) in [6.07, 6.45) is 3.85. The highest BCUT2D eigenvalue weighted by Gasteiger charge is 2.30. The molecule has 0 aromatic carbocycles. The van der Waals surface area contributed by atoms with Gasteiger partial charge in [-0.15, -0.1) is 11.3 Å². The Morgan fingerprint density at radius 1 is 1.45 bits per heavy atom. The van der Waals surface area contributed by atoms with E-state index in [1.54, 1.807) is 16.2 Å². The van der Waals surface area contributed by atoms with Crippen LogP contribution in [0.3, 0.4) is 0 Å². The topological polar surface area (TPSA) is 74.7 Å². The highest BCUT2D eigenvalue weighted by molar-refractivity contribution is 7.11. The molecule has 3 heterocycles. The zero-order valence-corrected chi connectivity index (χ0v) is 12.1. The molecule has 0 atom stereocenters. The van der Waals surface area contributed by atoms with Crippen molar-refractivity contribution >= 4 is 28.9 Å². The van der Waals surface area contributed by atoms with Crippen LogP contribution in [0.25, 0.3) is 0 Å². The number of likely N-dealkylation sites (tertiary alicyclic amines) is 1.